The Bertz CT molecular complexity index is 423. The number of para-hydroxylation sites is 1. The second kappa shape index (κ2) is 10.6. The predicted molar refractivity (Wildman–Crippen MR) is 64.1 cm³/mol. The second-order valence-electron chi connectivity index (χ2n) is 2.76. The summed E-state index contributed by atoms with van der Waals surface area (Å²) in [4.78, 5) is 8.89. The van der Waals surface area contributed by atoms with Crippen LogP contribution in [-0.2, 0) is 24.3 Å². The first-order valence-corrected chi connectivity index (χ1v) is 4.86. The fourth-order valence-corrected chi connectivity index (χ4v) is 0.805. The van der Waals surface area contributed by atoms with Gasteiger partial charge < -0.3 is 20.7 Å². The van der Waals surface area contributed by atoms with E-state index in [0.717, 1.165) is 6.92 Å². The number of hydrogen-bond donors (Lipinski definition) is 2. The van der Waals surface area contributed by atoms with E-state index in [1.54, 1.807) is 18.2 Å². The Labute approximate surface area is 123 Å². The van der Waals surface area contributed by atoms with Gasteiger partial charge in [-0.25, -0.2) is 0 Å². The molecule has 3 N–H and O–H groups in total. The Kier molecular flexibility index (Phi) is 11.1. The number of aliphatic carboxylic acids is 1. The number of nitrogens with zero attached hydrogens (tertiary/aromatic N) is 1. The molecule has 6 nitrogen and oxygen atoms in total. The first kappa shape index (κ1) is 18.8. The van der Waals surface area contributed by atoms with Crippen molar-refractivity contribution >= 4 is 29.5 Å². The van der Waals surface area contributed by atoms with Crippen LogP contribution in [0.25, 0.3) is 0 Å². The molecule has 1 aromatic carbocycles. The molecule has 0 aromatic heterocycles. The Balaban J connectivity index is 0. The third kappa shape index (κ3) is 11.0. The van der Waals surface area contributed by atoms with Gasteiger partial charge in [-0.15, -0.1) is 0 Å². The zero-order valence-electron chi connectivity index (χ0n) is 9.75. The largest absolute Gasteiger partial charge is 2.00 e. The molecular weight excluding hydrogens is 308 g/mol. The Morgan fingerprint density at radius 3 is 2.44 bits per heavy atom. The number of thiocarbonyl (C=S) groups is 1. The third-order valence-electron chi connectivity index (χ3n) is 1.30. The Morgan fingerprint density at radius 1 is 1.50 bits per heavy atom. The topological polar surface area (TPSA) is 114 Å². The standard InChI is InChI=1S/C8H9N3OS.C2H4O2.Zn/c9-8(13)11-10-5-6-3-1-2-4-7(6)12;1-2(3)4;/h1-5,12H,(H3,9,11,13);1H3,(H,3,4);/q;;+2/p-2. The smallest absolute Gasteiger partial charge is 0.872 e. The SMILES string of the molecule is CC(=O)[O-].NC(=S)NN=Cc1ccccc1[O-].[Zn+2]. The van der Waals surface area contributed by atoms with E-state index >= 15 is 0 Å². The molecule has 0 bridgehead atoms. The normalized spacial score (nSPS) is 8.72. The molecule has 92 valence electrons. The van der Waals surface area contributed by atoms with Gasteiger partial charge in [0.05, 0.1) is 6.21 Å². The number of nitrogens with one attached hydrogen (secondary N) is 1. The van der Waals surface area contributed by atoms with Crippen LogP contribution in [-0.4, -0.2) is 17.3 Å². The number of benzene rings is 1. The first-order chi connectivity index (χ1) is 7.93. The van der Waals surface area contributed by atoms with Crippen molar-refractivity contribution in [1.82, 2.24) is 5.43 Å². The van der Waals surface area contributed by atoms with E-state index in [1.807, 2.05) is 0 Å². The Morgan fingerprint density at radius 2 is 2.00 bits per heavy atom. The molecule has 18 heavy (non-hydrogen) atoms. The molecule has 1 rings (SSSR count). The molecule has 8 heteroatoms. The van der Waals surface area contributed by atoms with Gasteiger partial charge in [-0.05, 0) is 24.7 Å². The van der Waals surface area contributed by atoms with Gasteiger partial charge in [-0.1, -0.05) is 30.0 Å². The van der Waals surface area contributed by atoms with Crippen molar-refractivity contribution in [3.63, 3.8) is 0 Å². The van der Waals surface area contributed by atoms with Crippen LogP contribution in [0.15, 0.2) is 29.4 Å². The number of nitrogens with two attached hydrogens (primary N) is 1. The summed E-state index contributed by atoms with van der Waals surface area (Å²) in [5.41, 5.74) is 7.98. The average molecular weight is 319 g/mol. The molecule has 0 spiro atoms. The van der Waals surface area contributed by atoms with Gasteiger partial charge >= 0.3 is 19.5 Å². The third-order valence-corrected chi connectivity index (χ3v) is 1.39. The fourth-order valence-electron chi connectivity index (χ4n) is 0.753. The minimum Gasteiger partial charge on any atom is -0.872 e. The number of rotatable bonds is 2. The Hall–Kier alpha value is -1.53. The van der Waals surface area contributed by atoms with Crippen molar-refractivity contribution in [3.8, 4) is 5.75 Å². The van der Waals surface area contributed by atoms with Crippen LogP contribution in [0, 0.1) is 0 Å². The molecule has 0 saturated carbocycles. The van der Waals surface area contributed by atoms with Gasteiger partial charge in [0.15, 0.2) is 5.11 Å². The second-order valence-corrected chi connectivity index (χ2v) is 3.20. The molecule has 0 aliphatic rings. The van der Waals surface area contributed by atoms with Gasteiger partial charge in [-0.3, -0.25) is 5.43 Å². The number of carboxylic acids is 1. The van der Waals surface area contributed by atoms with E-state index < -0.39 is 5.97 Å². The monoisotopic (exact) mass is 317 g/mol. The van der Waals surface area contributed by atoms with E-state index in [4.69, 9.17) is 15.6 Å². The minimum absolute atomic E-state index is 0. The van der Waals surface area contributed by atoms with E-state index in [0.29, 0.717) is 5.56 Å². The molecule has 0 aliphatic heterocycles. The number of carbonyl (C=O) groups is 1. The van der Waals surface area contributed by atoms with E-state index in [1.165, 1.54) is 12.3 Å². The van der Waals surface area contributed by atoms with Crippen LogP contribution in [0.3, 0.4) is 0 Å². The summed E-state index contributed by atoms with van der Waals surface area (Å²) in [6.07, 6.45) is 1.38. The van der Waals surface area contributed by atoms with Gasteiger partial charge in [0.1, 0.15) is 0 Å². The van der Waals surface area contributed by atoms with Crippen LogP contribution in [0.4, 0.5) is 0 Å². The van der Waals surface area contributed by atoms with Crippen LogP contribution >= 0.6 is 12.2 Å². The van der Waals surface area contributed by atoms with E-state index in [-0.39, 0.29) is 30.3 Å². The number of hydrazone groups is 1. The maximum atomic E-state index is 11.1. The molecule has 1 aromatic rings. The van der Waals surface area contributed by atoms with Gasteiger partial charge in [0.25, 0.3) is 0 Å². The molecule has 0 radical (unpaired) electrons. The molecule has 0 amide bonds. The van der Waals surface area contributed by atoms with Crippen molar-refractivity contribution in [2.24, 2.45) is 10.8 Å². The quantitative estimate of drug-likeness (QED) is 0.303. The molecule has 0 heterocycles. The van der Waals surface area contributed by atoms with Gasteiger partial charge in [0.2, 0.25) is 0 Å². The van der Waals surface area contributed by atoms with Crippen molar-refractivity contribution in [3.05, 3.63) is 29.8 Å². The van der Waals surface area contributed by atoms with Crippen LogP contribution in [0.2, 0.25) is 0 Å². The minimum atomic E-state index is -1.08. The van der Waals surface area contributed by atoms with Crippen molar-refractivity contribution < 1.29 is 34.5 Å². The molecule has 0 saturated heterocycles. The predicted octanol–water partition coefficient (Wildman–Crippen LogP) is -1.32. The molecule has 0 unspecified atom stereocenters. The van der Waals surface area contributed by atoms with Crippen LogP contribution < -0.4 is 21.4 Å². The maximum absolute atomic E-state index is 11.1. The number of carboxylic acid groups (broad SMARTS) is 1. The van der Waals surface area contributed by atoms with Crippen LogP contribution in [0.5, 0.6) is 5.75 Å². The summed E-state index contributed by atoms with van der Waals surface area (Å²) < 4.78 is 0. The maximum Gasteiger partial charge on any atom is 2.00 e. The summed E-state index contributed by atoms with van der Waals surface area (Å²) in [6, 6.07) is 6.54. The first-order valence-electron chi connectivity index (χ1n) is 4.45. The van der Waals surface area contributed by atoms with Crippen LogP contribution in [0.1, 0.15) is 12.5 Å². The number of carbonyl (C=O) groups excluding carboxylic acids is 1. The summed E-state index contributed by atoms with van der Waals surface area (Å²) in [5, 5.41) is 23.7. The average Bonchev–Trinajstić information content (AvgIpc) is 2.19. The molecule has 0 atom stereocenters. The molecular formula is C10H11N3O3SZn. The van der Waals surface area contributed by atoms with Gasteiger partial charge in [-0.2, -0.15) is 5.10 Å². The molecule has 0 aliphatic carbocycles. The summed E-state index contributed by atoms with van der Waals surface area (Å²) >= 11 is 4.52. The summed E-state index contributed by atoms with van der Waals surface area (Å²) in [7, 11) is 0. The number of hydrogen-bond acceptors (Lipinski definition) is 5. The van der Waals surface area contributed by atoms with Crippen molar-refractivity contribution in [2.45, 2.75) is 6.92 Å². The van der Waals surface area contributed by atoms with E-state index in [2.05, 4.69) is 22.7 Å². The van der Waals surface area contributed by atoms with E-state index in [9.17, 15) is 5.11 Å². The zero-order chi connectivity index (χ0) is 13.3. The summed E-state index contributed by atoms with van der Waals surface area (Å²) in [5.74, 6) is -1.17. The van der Waals surface area contributed by atoms with Gasteiger partial charge in [0, 0.05) is 5.97 Å². The fraction of sp³-hybridized carbons (Fsp3) is 0.100. The zero-order valence-corrected chi connectivity index (χ0v) is 13.5. The van der Waals surface area contributed by atoms with Crippen molar-refractivity contribution in [2.75, 3.05) is 0 Å². The molecule has 0 fully saturated rings. The van der Waals surface area contributed by atoms with Crippen molar-refractivity contribution in [1.29, 1.82) is 0 Å². The summed E-state index contributed by atoms with van der Waals surface area (Å²) in [6.45, 7) is 0.972.